The van der Waals surface area contributed by atoms with Crippen molar-refractivity contribution in [3.8, 4) is 0 Å². The summed E-state index contributed by atoms with van der Waals surface area (Å²) in [6, 6.07) is 2.02. The highest BCUT2D eigenvalue weighted by molar-refractivity contribution is 5.77. The number of nitrogens with two attached hydrogens (primary N) is 1. The predicted molar refractivity (Wildman–Crippen MR) is 115 cm³/mol. The minimum Gasteiger partial charge on any atom is -0.405 e. The monoisotopic (exact) mass is 384 g/mol. The molecule has 0 atom stereocenters. The number of rotatable bonds is 9. The lowest BCUT2D eigenvalue weighted by molar-refractivity contribution is -0.105. The fourth-order valence-corrected chi connectivity index (χ4v) is 3.00. The number of allylic oxidation sites excluding steroid dienone is 4. The van der Waals surface area contributed by atoms with Crippen molar-refractivity contribution in [3.63, 3.8) is 0 Å². The maximum atomic E-state index is 11.0. The molecule has 1 aromatic heterocycles. The van der Waals surface area contributed by atoms with Gasteiger partial charge in [-0.25, -0.2) is 5.01 Å². The summed E-state index contributed by atoms with van der Waals surface area (Å²) in [4.78, 5) is 17.9. The first kappa shape index (κ1) is 21.7. The zero-order chi connectivity index (χ0) is 20.4. The second-order valence-electron chi connectivity index (χ2n) is 6.99. The highest BCUT2D eigenvalue weighted by Crippen LogP contribution is 2.20. The van der Waals surface area contributed by atoms with Crippen molar-refractivity contribution in [3.05, 3.63) is 53.1 Å². The molecular formula is C21H32N6O. The smallest absolute Gasteiger partial charge is 0.211 e. The molecule has 0 spiro atoms. The molecule has 2 rings (SSSR count). The Hall–Kier alpha value is -2.64. The molecule has 0 aliphatic carbocycles. The van der Waals surface area contributed by atoms with E-state index >= 15 is 0 Å². The number of nitrogens with zero attached hydrogens (tertiary/aromatic N) is 3. The minimum absolute atomic E-state index is 0.708. The van der Waals surface area contributed by atoms with Crippen LogP contribution in [0.3, 0.4) is 0 Å². The molecule has 1 aromatic rings. The molecule has 1 fully saturated rings. The van der Waals surface area contributed by atoms with E-state index in [4.69, 9.17) is 5.73 Å². The van der Waals surface area contributed by atoms with E-state index in [1.807, 2.05) is 37.4 Å². The molecule has 2 heterocycles. The Labute approximate surface area is 168 Å². The fourth-order valence-electron chi connectivity index (χ4n) is 3.00. The summed E-state index contributed by atoms with van der Waals surface area (Å²) < 4.78 is 0. The average Bonchev–Trinajstić information content (AvgIpc) is 2.70. The van der Waals surface area contributed by atoms with Crippen molar-refractivity contribution in [1.82, 2.24) is 20.3 Å². The topological polar surface area (TPSA) is 86.5 Å². The van der Waals surface area contributed by atoms with Gasteiger partial charge in [-0.1, -0.05) is 12.5 Å². The molecular weight excluding hydrogens is 352 g/mol. The number of carbonyl (C=O) groups is 1. The Kier molecular flexibility index (Phi) is 8.71. The summed E-state index contributed by atoms with van der Waals surface area (Å²) in [7, 11) is 0. The maximum Gasteiger partial charge on any atom is 0.211 e. The van der Waals surface area contributed by atoms with E-state index in [1.54, 1.807) is 0 Å². The third-order valence-corrected chi connectivity index (χ3v) is 4.70. The number of piperazine rings is 1. The van der Waals surface area contributed by atoms with Crippen LogP contribution in [0.5, 0.6) is 0 Å². The van der Waals surface area contributed by atoms with Crippen LogP contribution in [0.2, 0.25) is 0 Å². The largest absolute Gasteiger partial charge is 0.405 e. The van der Waals surface area contributed by atoms with Crippen LogP contribution < -0.4 is 16.5 Å². The normalized spacial score (nSPS) is 17.1. The van der Waals surface area contributed by atoms with Crippen molar-refractivity contribution >= 4 is 18.2 Å². The molecule has 1 saturated heterocycles. The second-order valence-corrected chi connectivity index (χ2v) is 6.99. The zero-order valence-electron chi connectivity index (χ0n) is 17.1. The van der Waals surface area contributed by atoms with E-state index in [0.717, 1.165) is 61.8 Å². The third kappa shape index (κ3) is 6.83. The highest BCUT2D eigenvalue weighted by atomic mass is 16.1. The molecule has 28 heavy (non-hydrogen) atoms. The van der Waals surface area contributed by atoms with Crippen LogP contribution in [-0.4, -0.2) is 47.5 Å². The average molecular weight is 385 g/mol. The molecule has 1 amide bonds. The molecule has 0 aromatic carbocycles. The molecule has 1 aliphatic rings. The van der Waals surface area contributed by atoms with Crippen LogP contribution in [0, 0.1) is 0 Å². The van der Waals surface area contributed by atoms with Gasteiger partial charge in [-0.05, 0) is 56.3 Å². The minimum atomic E-state index is 0.708. The van der Waals surface area contributed by atoms with Crippen LogP contribution in [-0.2, 0) is 11.3 Å². The number of carbonyl (C=O) groups excluding carboxylic acids is 1. The van der Waals surface area contributed by atoms with E-state index in [1.165, 1.54) is 11.8 Å². The Balaban J connectivity index is 1.95. The Morgan fingerprint density at radius 1 is 1.29 bits per heavy atom. The van der Waals surface area contributed by atoms with Gasteiger partial charge in [0.25, 0.3) is 0 Å². The number of hydrogen-bond acceptors (Lipinski definition) is 6. The van der Waals surface area contributed by atoms with Gasteiger partial charge < -0.3 is 16.5 Å². The Morgan fingerprint density at radius 2 is 2.04 bits per heavy atom. The molecule has 7 heteroatoms. The van der Waals surface area contributed by atoms with E-state index in [2.05, 4.69) is 39.5 Å². The van der Waals surface area contributed by atoms with E-state index in [9.17, 15) is 4.79 Å². The van der Waals surface area contributed by atoms with Crippen LogP contribution in [0.25, 0.3) is 6.08 Å². The van der Waals surface area contributed by atoms with E-state index in [-0.39, 0.29) is 0 Å². The molecule has 7 nitrogen and oxygen atoms in total. The van der Waals surface area contributed by atoms with Gasteiger partial charge in [0.2, 0.25) is 6.41 Å². The molecule has 152 valence electrons. The Morgan fingerprint density at radius 3 is 2.68 bits per heavy atom. The van der Waals surface area contributed by atoms with Crippen molar-refractivity contribution in [2.75, 3.05) is 31.5 Å². The summed E-state index contributed by atoms with van der Waals surface area (Å²) in [6.07, 6.45) is 10.9. The summed E-state index contributed by atoms with van der Waals surface area (Å²) in [5.74, 6) is 0. The van der Waals surface area contributed by atoms with Crippen LogP contribution in [0.4, 0.5) is 5.69 Å². The van der Waals surface area contributed by atoms with Crippen molar-refractivity contribution in [2.24, 2.45) is 5.73 Å². The maximum absolute atomic E-state index is 11.0. The van der Waals surface area contributed by atoms with Gasteiger partial charge in [0, 0.05) is 44.6 Å². The lowest BCUT2D eigenvalue weighted by Crippen LogP contribution is -2.51. The van der Waals surface area contributed by atoms with E-state index in [0.29, 0.717) is 6.41 Å². The van der Waals surface area contributed by atoms with Crippen molar-refractivity contribution in [1.29, 1.82) is 0 Å². The van der Waals surface area contributed by atoms with Gasteiger partial charge in [0.1, 0.15) is 0 Å². The molecule has 0 saturated carbocycles. The molecule has 4 N–H and O–H groups in total. The fraction of sp³-hybridized carbons (Fsp3) is 0.429. The lowest BCUT2D eigenvalue weighted by Gasteiger charge is -2.35. The van der Waals surface area contributed by atoms with E-state index < -0.39 is 0 Å². The van der Waals surface area contributed by atoms with Crippen molar-refractivity contribution in [2.45, 2.75) is 33.7 Å². The first-order valence-electron chi connectivity index (χ1n) is 9.71. The van der Waals surface area contributed by atoms with Crippen molar-refractivity contribution < 1.29 is 4.79 Å². The molecule has 1 aliphatic heterocycles. The van der Waals surface area contributed by atoms with Crippen LogP contribution >= 0.6 is 0 Å². The van der Waals surface area contributed by atoms with Gasteiger partial charge in [0.05, 0.1) is 11.4 Å². The number of amides is 1. The summed E-state index contributed by atoms with van der Waals surface area (Å²) >= 11 is 0. The quantitative estimate of drug-likeness (QED) is 0.448. The Bertz CT molecular complexity index is 732. The second kappa shape index (κ2) is 11.3. The molecule has 0 bridgehead atoms. The summed E-state index contributed by atoms with van der Waals surface area (Å²) in [5, 5.41) is 5.00. The molecule has 0 radical (unpaired) electrons. The zero-order valence-corrected chi connectivity index (χ0v) is 17.1. The number of hydrogen-bond donors (Lipinski definition) is 3. The number of nitrogens with one attached hydrogen (secondary N) is 2. The van der Waals surface area contributed by atoms with Gasteiger partial charge >= 0.3 is 0 Å². The lowest BCUT2D eigenvalue weighted by atomic mass is 10.1. The van der Waals surface area contributed by atoms with Gasteiger partial charge in [0.15, 0.2) is 0 Å². The third-order valence-electron chi connectivity index (χ3n) is 4.70. The van der Waals surface area contributed by atoms with Crippen LogP contribution in [0.15, 0.2) is 41.9 Å². The predicted octanol–water partition coefficient (Wildman–Crippen LogP) is 2.46. The first-order valence-corrected chi connectivity index (χ1v) is 9.71. The highest BCUT2D eigenvalue weighted by Gasteiger charge is 2.17. The van der Waals surface area contributed by atoms with Gasteiger partial charge in [-0.2, -0.15) is 0 Å². The first-order chi connectivity index (χ1) is 13.5. The SMILES string of the molecule is CC/C(C)=C/c1ncc(CN2CCN(N/C(C)=C\C=C/N)CC2)cc1NC=O. The number of pyridine rings is 1. The number of aromatic nitrogens is 1. The van der Waals surface area contributed by atoms with Gasteiger partial charge in [-0.15, -0.1) is 0 Å². The van der Waals surface area contributed by atoms with Crippen LogP contribution in [0.1, 0.15) is 38.4 Å². The number of hydrazine groups is 1. The summed E-state index contributed by atoms with van der Waals surface area (Å²) in [5.41, 5.74) is 13.7. The molecule has 0 unspecified atom stereocenters. The number of anilines is 1. The summed E-state index contributed by atoms with van der Waals surface area (Å²) in [6.45, 7) is 10.8. The standard InChI is InChI=1S/C21H32N6O/c1-4-17(2)12-20-21(24-16-28)13-19(14-23-20)15-26-8-10-27(11-9-26)25-18(3)6-5-7-22/h5-7,12-14,16,25H,4,8-11,15,22H2,1-3H3,(H,24,28)/b7-5-,17-12+,18-6-. The van der Waals surface area contributed by atoms with Gasteiger partial charge in [-0.3, -0.25) is 14.7 Å².